The second-order valence-corrected chi connectivity index (χ2v) is 10.2. The molecule has 4 aromatic rings. The van der Waals surface area contributed by atoms with E-state index in [1.54, 1.807) is 11.0 Å². The summed E-state index contributed by atoms with van der Waals surface area (Å²) in [5.41, 5.74) is 3.14. The lowest BCUT2D eigenvalue weighted by Crippen LogP contribution is -2.53. The third kappa shape index (κ3) is 5.20. The molecular formula is C31H28BrN3O3. The number of nitrogens with one attached hydrogen (secondary N) is 1. The number of rotatable bonds is 9. The fourth-order valence-corrected chi connectivity index (χ4v) is 5.49. The van der Waals surface area contributed by atoms with Gasteiger partial charge in [-0.25, -0.2) is 0 Å². The summed E-state index contributed by atoms with van der Waals surface area (Å²) in [7, 11) is 0. The van der Waals surface area contributed by atoms with E-state index in [1.807, 2.05) is 91.9 Å². The van der Waals surface area contributed by atoms with Crippen molar-refractivity contribution in [2.45, 2.75) is 25.9 Å². The average Bonchev–Trinajstić information content (AvgIpc) is 3.19. The van der Waals surface area contributed by atoms with E-state index in [1.165, 1.54) is 4.90 Å². The van der Waals surface area contributed by atoms with Gasteiger partial charge < -0.3 is 10.2 Å². The van der Waals surface area contributed by atoms with Crippen LogP contribution in [0.25, 0.3) is 10.8 Å². The quantitative estimate of drug-likeness (QED) is 0.296. The van der Waals surface area contributed by atoms with Crippen LogP contribution in [0.15, 0.2) is 95.5 Å². The minimum atomic E-state index is -0.750. The smallest absolute Gasteiger partial charge is 0.259 e. The molecule has 7 heteroatoms. The third-order valence-electron chi connectivity index (χ3n) is 6.81. The Bertz CT molecular complexity index is 1500. The van der Waals surface area contributed by atoms with Crippen molar-refractivity contribution in [3.63, 3.8) is 0 Å². The van der Waals surface area contributed by atoms with Crippen molar-refractivity contribution < 1.29 is 14.4 Å². The second-order valence-electron chi connectivity index (χ2n) is 9.32. The van der Waals surface area contributed by atoms with Gasteiger partial charge in [-0.3, -0.25) is 19.3 Å². The van der Waals surface area contributed by atoms with Gasteiger partial charge in [0.15, 0.2) is 0 Å². The lowest BCUT2D eigenvalue weighted by atomic mass is 10.0. The van der Waals surface area contributed by atoms with Crippen LogP contribution >= 0.6 is 15.9 Å². The number of nitrogens with zero attached hydrogens (tertiary/aromatic N) is 2. The molecule has 0 aliphatic carbocycles. The second kappa shape index (κ2) is 11.2. The number of halogens is 1. The topological polar surface area (TPSA) is 69.7 Å². The van der Waals surface area contributed by atoms with Gasteiger partial charge in [0.1, 0.15) is 12.6 Å². The first-order chi connectivity index (χ1) is 18.5. The molecule has 5 rings (SSSR count). The number of carbonyl (C=O) groups excluding carboxylic acids is 3. The Morgan fingerprint density at radius 1 is 0.921 bits per heavy atom. The highest BCUT2D eigenvalue weighted by Crippen LogP contribution is 2.37. The SMILES string of the molecule is CCNC(=O)C(Cc1ccccc1)N(Cc1cccc(Br)c1)C(=O)CN1C(=O)c2cccc3cccc1c23. The zero-order valence-electron chi connectivity index (χ0n) is 21.1. The van der Waals surface area contributed by atoms with Crippen molar-refractivity contribution in [3.8, 4) is 0 Å². The van der Waals surface area contributed by atoms with Gasteiger partial charge in [-0.15, -0.1) is 0 Å². The molecule has 1 aliphatic rings. The van der Waals surface area contributed by atoms with Gasteiger partial charge in [0, 0.05) is 34.9 Å². The van der Waals surface area contributed by atoms with Gasteiger partial charge >= 0.3 is 0 Å². The van der Waals surface area contributed by atoms with Gasteiger partial charge in [-0.2, -0.15) is 0 Å². The van der Waals surface area contributed by atoms with Crippen LogP contribution in [0.1, 0.15) is 28.4 Å². The summed E-state index contributed by atoms with van der Waals surface area (Å²) in [6.07, 6.45) is 0.357. The highest BCUT2D eigenvalue weighted by molar-refractivity contribution is 9.10. The molecule has 1 atom stereocenters. The Labute approximate surface area is 230 Å². The van der Waals surface area contributed by atoms with E-state index >= 15 is 0 Å². The summed E-state index contributed by atoms with van der Waals surface area (Å²) < 4.78 is 0.886. The van der Waals surface area contributed by atoms with Crippen LogP contribution in [0.2, 0.25) is 0 Å². The first-order valence-electron chi connectivity index (χ1n) is 12.7. The summed E-state index contributed by atoms with van der Waals surface area (Å²) >= 11 is 3.51. The maximum atomic E-state index is 14.1. The van der Waals surface area contributed by atoms with Crippen LogP contribution in [-0.4, -0.2) is 41.8 Å². The van der Waals surface area contributed by atoms with Crippen LogP contribution in [0, 0.1) is 0 Å². The molecule has 1 unspecified atom stereocenters. The summed E-state index contributed by atoms with van der Waals surface area (Å²) in [4.78, 5) is 44.0. The first kappa shape index (κ1) is 25.7. The van der Waals surface area contributed by atoms with Crippen LogP contribution < -0.4 is 10.2 Å². The maximum Gasteiger partial charge on any atom is 0.259 e. The summed E-state index contributed by atoms with van der Waals surface area (Å²) in [6.45, 7) is 2.38. The minimum Gasteiger partial charge on any atom is -0.355 e. The number of hydrogen-bond acceptors (Lipinski definition) is 3. The Kier molecular flexibility index (Phi) is 7.56. The molecule has 0 radical (unpaired) electrons. The highest BCUT2D eigenvalue weighted by Gasteiger charge is 2.35. The van der Waals surface area contributed by atoms with Gasteiger partial charge in [0.05, 0.1) is 5.69 Å². The van der Waals surface area contributed by atoms with Crippen LogP contribution in [-0.2, 0) is 22.6 Å². The monoisotopic (exact) mass is 569 g/mol. The van der Waals surface area contributed by atoms with Gasteiger partial charge in [-0.1, -0.05) is 82.7 Å². The first-order valence-corrected chi connectivity index (χ1v) is 13.4. The summed E-state index contributed by atoms with van der Waals surface area (Å²) in [5, 5.41) is 4.72. The lowest BCUT2D eigenvalue weighted by molar-refractivity contribution is -0.140. The van der Waals surface area contributed by atoms with Gasteiger partial charge in [0.25, 0.3) is 5.91 Å². The van der Waals surface area contributed by atoms with E-state index in [4.69, 9.17) is 0 Å². The number of carbonyl (C=O) groups is 3. The van der Waals surface area contributed by atoms with E-state index in [2.05, 4.69) is 21.2 Å². The van der Waals surface area contributed by atoms with Crippen molar-refractivity contribution in [1.82, 2.24) is 10.2 Å². The van der Waals surface area contributed by atoms with Crippen LogP contribution in [0.4, 0.5) is 5.69 Å². The Balaban J connectivity index is 1.51. The molecule has 6 nitrogen and oxygen atoms in total. The highest BCUT2D eigenvalue weighted by atomic mass is 79.9. The Hall–Kier alpha value is -3.97. The molecule has 38 heavy (non-hydrogen) atoms. The predicted molar refractivity (Wildman–Crippen MR) is 153 cm³/mol. The van der Waals surface area contributed by atoms with E-state index in [-0.39, 0.29) is 30.8 Å². The molecule has 192 valence electrons. The van der Waals surface area contributed by atoms with E-state index in [9.17, 15) is 14.4 Å². The fourth-order valence-electron chi connectivity index (χ4n) is 5.04. The number of likely N-dealkylation sites (N-methyl/N-ethyl adjacent to an activating group) is 1. The number of hydrogen-bond donors (Lipinski definition) is 1. The zero-order valence-corrected chi connectivity index (χ0v) is 22.6. The van der Waals surface area contributed by atoms with Gasteiger partial charge in [0.2, 0.25) is 11.8 Å². The van der Waals surface area contributed by atoms with Gasteiger partial charge in [-0.05, 0) is 47.7 Å². The largest absolute Gasteiger partial charge is 0.355 e. The molecule has 0 aromatic heterocycles. The Morgan fingerprint density at radius 3 is 2.37 bits per heavy atom. The molecule has 0 spiro atoms. The van der Waals surface area contributed by atoms with Crippen molar-refractivity contribution in [2.75, 3.05) is 18.0 Å². The molecule has 4 aromatic carbocycles. The van der Waals surface area contributed by atoms with Crippen molar-refractivity contribution in [1.29, 1.82) is 0 Å². The van der Waals surface area contributed by atoms with E-state index in [0.717, 1.165) is 32.1 Å². The van der Waals surface area contributed by atoms with Crippen LogP contribution in [0.5, 0.6) is 0 Å². The van der Waals surface area contributed by atoms with Crippen molar-refractivity contribution in [2.24, 2.45) is 0 Å². The molecule has 0 bridgehead atoms. The maximum absolute atomic E-state index is 14.1. The lowest BCUT2D eigenvalue weighted by Gasteiger charge is -2.33. The number of benzene rings is 4. The molecule has 3 amide bonds. The van der Waals surface area contributed by atoms with E-state index in [0.29, 0.717) is 18.5 Å². The van der Waals surface area contributed by atoms with Crippen molar-refractivity contribution >= 4 is 50.1 Å². The molecule has 1 aliphatic heterocycles. The fraction of sp³-hybridized carbons (Fsp3) is 0.194. The normalized spacial score (nSPS) is 13.0. The molecule has 1 heterocycles. The molecule has 0 fully saturated rings. The summed E-state index contributed by atoms with van der Waals surface area (Å²) in [5.74, 6) is -0.724. The Morgan fingerprint density at radius 2 is 1.63 bits per heavy atom. The molecular weight excluding hydrogens is 542 g/mol. The minimum absolute atomic E-state index is 0.161. The average molecular weight is 570 g/mol. The molecule has 0 saturated carbocycles. The standard InChI is InChI=1S/C31H28BrN3O3/c1-2-33-30(37)27(18-21-9-4-3-5-10-21)34(19-22-11-6-14-24(32)17-22)28(36)20-35-26-16-8-13-23-12-7-15-25(29(23)26)31(35)38/h3-17,27H,2,18-20H2,1H3,(H,33,37). The summed E-state index contributed by atoms with van der Waals surface area (Å²) in [6, 6.07) is 28.0. The zero-order chi connectivity index (χ0) is 26.6. The van der Waals surface area contributed by atoms with Crippen LogP contribution in [0.3, 0.4) is 0 Å². The van der Waals surface area contributed by atoms with E-state index < -0.39 is 6.04 Å². The van der Waals surface area contributed by atoms with Crippen molar-refractivity contribution in [3.05, 3.63) is 112 Å². The number of anilines is 1. The third-order valence-corrected chi connectivity index (χ3v) is 7.30. The predicted octanol–water partition coefficient (Wildman–Crippen LogP) is 5.34. The molecule has 0 saturated heterocycles. The number of amides is 3. The molecule has 1 N–H and O–H groups in total.